The molecule has 5 nitrogen and oxygen atoms in total. The zero-order valence-corrected chi connectivity index (χ0v) is 12.9. The van der Waals surface area contributed by atoms with E-state index >= 15 is 0 Å². The molecular formula is C15H18N2O3S. The van der Waals surface area contributed by atoms with Gasteiger partial charge in [-0.25, -0.2) is 13.1 Å². The SMILES string of the molecule is CN(C)C(=O)c1ccc(C#CCNS(=O)(=O)C2CC2)cc1. The molecule has 0 spiro atoms. The van der Waals surface area contributed by atoms with Crippen molar-refractivity contribution >= 4 is 15.9 Å². The maximum absolute atomic E-state index is 11.7. The Labute approximate surface area is 125 Å². The molecule has 1 aromatic rings. The van der Waals surface area contributed by atoms with Crippen molar-refractivity contribution in [2.45, 2.75) is 18.1 Å². The average Bonchev–Trinajstić information content (AvgIpc) is 3.28. The van der Waals surface area contributed by atoms with Crippen LogP contribution in [0.15, 0.2) is 24.3 Å². The van der Waals surface area contributed by atoms with E-state index in [4.69, 9.17) is 0 Å². The third-order valence-electron chi connectivity index (χ3n) is 3.10. The molecule has 0 aliphatic heterocycles. The van der Waals surface area contributed by atoms with Gasteiger partial charge in [-0.1, -0.05) is 11.8 Å². The molecule has 112 valence electrons. The summed E-state index contributed by atoms with van der Waals surface area (Å²) >= 11 is 0. The molecule has 1 amide bonds. The summed E-state index contributed by atoms with van der Waals surface area (Å²) < 4.78 is 25.6. The lowest BCUT2D eigenvalue weighted by Crippen LogP contribution is -2.27. The second-order valence-electron chi connectivity index (χ2n) is 5.14. The molecule has 1 aliphatic carbocycles. The highest BCUT2D eigenvalue weighted by atomic mass is 32.2. The Hall–Kier alpha value is -1.84. The number of hydrogen-bond donors (Lipinski definition) is 1. The second-order valence-corrected chi connectivity index (χ2v) is 7.19. The van der Waals surface area contributed by atoms with E-state index in [9.17, 15) is 13.2 Å². The fourth-order valence-corrected chi connectivity index (χ4v) is 3.00. The number of rotatable bonds is 4. The van der Waals surface area contributed by atoms with Gasteiger partial charge >= 0.3 is 0 Å². The van der Waals surface area contributed by atoms with Crippen LogP contribution in [0.2, 0.25) is 0 Å². The fourth-order valence-electron chi connectivity index (χ4n) is 1.73. The van der Waals surface area contributed by atoms with Crippen LogP contribution in [0.3, 0.4) is 0 Å². The highest BCUT2D eigenvalue weighted by Crippen LogP contribution is 2.27. The van der Waals surface area contributed by atoms with E-state index in [1.807, 2.05) is 0 Å². The molecule has 1 fully saturated rings. The van der Waals surface area contributed by atoms with E-state index in [2.05, 4.69) is 16.6 Å². The van der Waals surface area contributed by atoms with Gasteiger partial charge in [0.2, 0.25) is 10.0 Å². The monoisotopic (exact) mass is 306 g/mol. The van der Waals surface area contributed by atoms with Crippen LogP contribution in [0.25, 0.3) is 0 Å². The van der Waals surface area contributed by atoms with Crippen molar-refractivity contribution in [3.05, 3.63) is 35.4 Å². The zero-order chi connectivity index (χ0) is 15.5. The first-order chi connectivity index (χ1) is 9.90. The van der Waals surface area contributed by atoms with Crippen molar-refractivity contribution in [2.24, 2.45) is 0 Å². The lowest BCUT2D eigenvalue weighted by molar-refractivity contribution is 0.0827. The Morgan fingerprint density at radius 1 is 1.29 bits per heavy atom. The number of sulfonamides is 1. The summed E-state index contributed by atoms with van der Waals surface area (Å²) in [6, 6.07) is 6.92. The van der Waals surface area contributed by atoms with Gasteiger partial charge in [-0.05, 0) is 37.1 Å². The van der Waals surface area contributed by atoms with Gasteiger partial charge in [0.1, 0.15) is 0 Å². The molecule has 1 saturated carbocycles. The van der Waals surface area contributed by atoms with Crippen molar-refractivity contribution in [3.63, 3.8) is 0 Å². The highest BCUT2D eigenvalue weighted by molar-refractivity contribution is 7.90. The smallest absolute Gasteiger partial charge is 0.253 e. The molecule has 0 aromatic heterocycles. The van der Waals surface area contributed by atoms with E-state index in [-0.39, 0.29) is 17.7 Å². The number of amides is 1. The average molecular weight is 306 g/mol. The van der Waals surface area contributed by atoms with Gasteiger partial charge in [0.05, 0.1) is 11.8 Å². The summed E-state index contributed by atoms with van der Waals surface area (Å²) in [6.07, 6.45) is 1.48. The molecule has 0 radical (unpaired) electrons. The Morgan fingerprint density at radius 3 is 2.43 bits per heavy atom. The minimum Gasteiger partial charge on any atom is -0.345 e. The fraction of sp³-hybridized carbons (Fsp3) is 0.400. The Bertz CT molecular complexity index is 678. The first-order valence-corrected chi connectivity index (χ1v) is 8.24. The van der Waals surface area contributed by atoms with Crippen LogP contribution in [-0.2, 0) is 10.0 Å². The minimum absolute atomic E-state index is 0.0632. The van der Waals surface area contributed by atoms with Crippen molar-refractivity contribution in [1.82, 2.24) is 9.62 Å². The Balaban J connectivity index is 1.92. The van der Waals surface area contributed by atoms with Crippen LogP contribution in [-0.4, -0.2) is 45.1 Å². The molecule has 0 atom stereocenters. The van der Waals surface area contributed by atoms with Gasteiger partial charge < -0.3 is 4.90 Å². The van der Waals surface area contributed by atoms with Gasteiger partial charge in [-0.15, -0.1) is 0 Å². The summed E-state index contributed by atoms with van der Waals surface area (Å²) in [4.78, 5) is 13.2. The number of carbonyl (C=O) groups is 1. The molecule has 2 rings (SSSR count). The Morgan fingerprint density at radius 2 is 1.90 bits per heavy atom. The molecule has 0 unspecified atom stereocenters. The number of carbonyl (C=O) groups excluding carboxylic acids is 1. The van der Waals surface area contributed by atoms with Crippen LogP contribution in [0.4, 0.5) is 0 Å². The maximum Gasteiger partial charge on any atom is 0.253 e. The largest absolute Gasteiger partial charge is 0.345 e. The van der Waals surface area contributed by atoms with Gasteiger partial charge in [0.25, 0.3) is 5.91 Å². The number of nitrogens with zero attached hydrogens (tertiary/aromatic N) is 1. The van der Waals surface area contributed by atoms with Gasteiger partial charge in [0.15, 0.2) is 0 Å². The van der Waals surface area contributed by atoms with Crippen LogP contribution >= 0.6 is 0 Å². The molecule has 21 heavy (non-hydrogen) atoms. The molecular weight excluding hydrogens is 288 g/mol. The first kappa shape index (κ1) is 15.5. The molecule has 6 heteroatoms. The normalized spacial score (nSPS) is 14.2. The highest BCUT2D eigenvalue weighted by Gasteiger charge is 2.34. The minimum atomic E-state index is -3.17. The van der Waals surface area contributed by atoms with Crippen LogP contribution in [0.5, 0.6) is 0 Å². The molecule has 1 N–H and O–H groups in total. The predicted octanol–water partition coefficient (Wildman–Crippen LogP) is 0.822. The number of hydrogen-bond acceptors (Lipinski definition) is 3. The van der Waals surface area contributed by atoms with Gasteiger partial charge in [0, 0.05) is 25.2 Å². The molecule has 1 aromatic carbocycles. The molecule has 1 aliphatic rings. The van der Waals surface area contributed by atoms with E-state index in [1.54, 1.807) is 38.4 Å². The quantitative estimate of drug-likeness (QED) is 0.838. The third-order valence-corrected chi connectivity index (χ3v) is 4.99. The Kier molecular flexibility index (Phi) is 4.66. The van der Waals surface area contributed by atoms with Crippen LogP contribution in [0, 0.1) is 11.8 Å². The topological polar surface area (TPSA) is 66.5 Å². The summed E-state index contributed by atoms with van der Waals surface area (Å²) in [5, 5.41) is -0.226. The van der Waals surface area contributed by atoms with Gasteiger partial charge in [-0.3, -0.25) is 4.79 Å². The first-order valence-electron chi connectivity index (χ1n) is 6.69. The van der Waals surface area contributed by atoms with Crippen molar-refractivity contribution in [2.75, 3.05) is 20.6 Å². The second kappa shape index (κ2) is 6.29. The lowest BCUT2D eigenvalue weighted by atomic mass is 10.1. The zero-order valence-electron chi connectivity index (χ0n) is 12.1. The summed E-state index contributed by atoms with van der Waals surface area (Å²) in [5.41, 5.74) is 1.34. The number of nitrogens with one attached hydrogen (secondary N) is 1. The van der Waals surface area contributed by atoms with Crippen molar-refractivity contribution in [1.29, 1.82) is 0 Å². The van der Waals surface area contributed by atoms with Crippen LogP contribution in [0.1, 0.15) is 28.8 Å². The molecule has 0 saturated heterocycles. The van der Waals surface area contributed by atoms with E-state index < -0.39 is 10.0 Å². The lowest BCUT2D eigenvalue weighted by Gasteiger charge is -2.09. The van der Waals surface area contributed by atoms with Crippen LogP contribution < -0.4 is 4.72 Å². The van der Waals surface area contributed by atoms with Crippen molar-refractivity contribution < 1.29 is 13.2 Å². The van der Waals surface area contributed by atoms with Gasteiger partial charge in [-0.2, -0.15) is 0 Å². The van der Waals surface area contributed by atoms with E-state index in [0.29, 0.717) is 5.56 Å². The summed E-state index contributed by atoms with van der Waals surface area (Å²) in [5.74, 6) is 5.58. The standard InChI is InChI=1S/C15H18N2O3S/c1-17(2)15(18)13-7-5-12(6-8-13)4-3-11-16-21(19,20)14-9-10-14/h5-8,14,16H,9-11H2,1-2H3. The van der Waals surface area contributed by atoms with E-state index in [1.165, 1.54) is 4.90 Å². The maximum atomic E-state index is 11.7. The van der Waals surface area contributed by atoms with E-state index in [0.717, 1.165) is 18.4 Å². The molecule has 0 bridgehead atoms. The third kappa shape index (κ3) is 4.31. The summed E-state index contributed by atoms with van der Waals surface area (Å²) in [7, 11) is 0.221. The number of benzene rings is 1. The molecule has 0 heterocycles. The van der Waals surface area contributed by atoms with Crippen molar-refractivity contribution in [3.8, 4) is 11.8 Å². The summed E-state index contributed by atoms with van der Waals surface area (Å²) in [6.45, 7) is 0.108. The predicted molar refractivity (Wildman–Crippen MR) is 81.3 cm³/mol.